The fourth-order valence-electron chi connectivity index (χ4n) is 2.25. The summed E-state index contributed by atoms with van der Waals surface area (Å²) in [5.41, 5.74) is 12.9. The summed E-state index contributed by atoms with van der Waals surface area (Å²) in [4.78, 5) is 15.5. The number of H-pyrrole nitrogens is 1. The van der Waals surface area contributed by atoms with Crippen LogP contribution in [0.5, 0.6) is 0 Å². The number of fused-ring (bicyclic) bond motifs is 1. The van der Waals surface area contributed by atoms with Crippen LogP contribution >= 0.6 is 11.3 Å². The van der Waals surface area contributed by atoms with Crippen LogP contribution in [0.2, 0.25) is 0 Å². The maximum absolute atomic E-state index is 11.8. The van der Waals surface area contributed by atoms with Crippen molar-refractivity contribution in [3.8, 4) is 17.4 Å². The molecule has 110 valence electrons. The smallest absolute Gasteiger partial charge is 0.350 e. The van der Waals surface area contributed by atoms with Crippen molar-refractivity contribution in [2.24, 2.45) is 0 Å². The summed E-state index contributed by atoms with van der Waals surface area (Å²) in [6.45, 7) is 0. The second kappa shape index (κ2) is 5.05. The molecule has 7 nitrogen and oxygen atoms in total. The lowest BCUT2D eigenvalue weighted by Crippen LogP contribution is -2.13. The van der Waals surface area contributed by atoms with Gasteiger partial charge in [-0.1, -0.05) is 11.3 Å². The van der Waals surface area contributed by atoms with Crippen LogP contribution < -0.4 is 16.5 Å². The predicted molar refractivity (Wildman–Crippen MR) is 81.0 cm³/mol. The number of nitrogens with two attached hydrogens (primary N) is 2. The summed E-state index contributed by atoms with van der Waals surface area (Å²) in [6.07, 6.45) is 1.49. The first-order valence-corrected chi connectivity index (χ1v) is 6.99. The highest BCUT2D eigenvalue weighted by molar-refractivity contribution is 7.20. The molecular weight excluding hydrogens is 304 g/mol. The number of hydrogen-bond donors (Lipinski definition) is 2. The first kappa shape index (κ1) is 13.9. The molecule has 3 aromatic rings. The zero-order valence-corrected chi connectivity index (χ0v) is 12.3. The van der Waals surface area contributed by atoms with Crippen LogP contribution in [0.1, 0.15) is 15.2 Å². The van der Waals surface area contributed by atoms with Crippen LogP contribution in [0, 0.1) is 11.3 Å². The lowest BCUT2D eigenvalue weighted by Gasteiger charge is -2.03. The number of nitrogen functional groups attached to an aromatic ring is 2. The second-order valence-electron chi connectivity index (χ2n) is 4.42. The van der Waals surface area contributed by atoms with Crippen LogP contribution in [0.15, 0.2) is 22.8 Å². The highest BCUT2D eigenvalue weighted by atomic mass is 32.1. The molecule has 22 heavy (non-hydrogen) atoms. The molecule has 0 aliphatic rings. The quantitative estimate of drug-likeness (QED) is 0.693. The van der Waals surface area contributed by atoms with E-state index in [1.165, 1.54) is 13.4 Å². The molecular formula is C14H11N4O3S+. The van der Waals surface area contributed by atoms with Crippen LogP contribution in [-0.2, 0) is 4.74 Å². The average molecular weight is 315 g/mol. The number of aromatic amines is 1. The number of furan rings is 1. The van der Waals surface area contributed by atoms with E-state index in [1.54, 1.807) is 12.1 Å². The van der Waals surface area contributed by atoms with Crippen molar-refractivity contribution in [1.82, 2.24) is 0 Å². The number of nitrogens with zero attached hydrogens (tertiary/aromatic N) is 1. The molecule has 0 bridgehead atoms. The summed E-state index contributed by atoms with van der Waals surface area (Å²) < 4.78 is 10.1. The summed E-state index contributed by atoms with van der Waals surface area (Å²) in [6, 6.07) is 5.43. The van der Waals surface area contributed by atoms with Crippen molar-refractivity contribution >= 4 is 39.0 Å². The first-order valence-electron chi connectivity index (χ1n) is 6.17. The van der Waals surface area contributed by atoms with Gasteiger partial charge in [0.1, 0.15) is 16.7 Å². The monoisotopic (exact) mass is 315 g/mol. The standard InChI is InChI=1S/C14H10N4O3S/c1-20-14(19)11-10(16)9-8(7-3-2-4-21-7)6(5-15)12(17)18-13(9)22-11/h2-4H,16H2,1H3,(H2,17,18)/p+1. The SMILES string of the molecule is COC(=O)c1sc2[nH+]c(N)c(C#N)c(-c3ccco3)c2c1N. The lowest BCUT2D eigenvalue weighted by molar-refractivity contribution is -0.323. The summed E-state index contributed by atoms with van der Waals surface area (Å²) >= 11 is 1.12. The zero-order valence-electron chi connectivity index (χ0n) is 11.5. The van der Waals surface area contributed by atoms with E-state index in [2.05, 4.69) is 4.98 Å². The van der Waals surface area contributed by atoms with E-state index in [1.807, 2.05) is 6.07 Å². The van der Waals surface area contributed by atoms with Gasteiger partial charge in [0.2, 0.25) is 0 Å². The van der Waals surface area contributed by atoms with Gasteiger partial charge in [0.25, 0.3) is 5.82 Å². The van der Waals surface area contributed by atoms with Crippen LogP contribution in [0.3, 0.4) is 0 Å². The van der Waals surface area contributed by atoms with Crippen molar-refractivity contribution in [2.45, 2.75) is 0 Å². The zero-order chi connectivity index (χ0) is 15.9. The minimum Gasteiger partial charge on any atom is -0.465 e. The molecule has 0 amide bonds. The lowest BCUT2D eigenvalue weighted by atomic mass is 10.0. The molecule has 3 heterocycles. The number of thiophene rings is 1. The Kier molecular flexibility index (Phi) is 3.19. The molecule has 0 spiro atoms. The number of ether oxygens (including phenoxy) is 1. The molecule has 0 radical (unpaired) electrons. The first-order chi connectivity index (χ1) is 10.6. The van der Waals surface area contributed by atoms with E-state index >= 15 is 0 Å². The van der Waals surface area contributed by atoms with E-state index in [0.717, 1.165) is 11.3 Å². The number of hydrogen-bond acceptors (Lipinski definition) is 7. The number of nitriles is 1. The molecule has 0 saturated heterocycles. The van der Waals surface area contributed by atoms with Crippen LogP contribution in [0.4, 0.5) is 11.5 Å². The Morgan fingerprint density at radius 3 is 2.86 bits per heavy atom. The molecule has 0 aliphatic carbocycles. The molecule has 0 aliphatic heterocycles. The van der Waals surface area contributed by atoms with Crippen molar-refractivity contribution < 1.29 is 18.9 Å². The van der Waals surface area contributed by atoms with E-state index in [9.17, 15) is 10.1 Å². The minimum atomic E-state index is -0.547. The van der Waals surface area contributed by atoms with Gasteiger partial charge in [-0.3, -0.25) is 5.73 Å². The van der Waals surface area contributed by atoms with Crippen molar-refractivity contribution in [3.05, 3.63) is 28.8 Å². The fraction of sp³-hybridized carbons (Fsp3) is 0.0714. The Hall–Kier alpha value is -3.05. The number of nitrogens with one attached hydrogen (secondary N) is 1. The minimum absolute atomic E-state index is 0.180. The normalized spacial score (nSPS) is 10.5. The van der Waals surface area contributed by atoms with Crippen molar-refractivity contribution in [1.29, 1.82) is 5.26 Å². The number of anilines is 2. The Balaban J connectivity index is 2.47. The Morgan fingerprint density at radius 1 is 1.50 bits per heavy atom. The van der Waals surface area contributed by atoms with Crippen molar-refractivity contribution in [3.63, 3.8) is 0 Å². The van der Waals surface area contributed by atoms with Gasteiger partial charge in [-0.2, -0.15) is 5.26 Å². The van der Waals surface area contributed by atoms with E-state index in [0.29, 0.717) is 21.5 Å². The molecule has 0 fully saturated rings. The van der Waals surface area contributed by atoms with Gasteiger partial charge in [-0.05, 0) is 12.1 Å². The van der Waals surface area contributed by atoms with Gasteiger partial charge in [0.15, 0.2) is 10.4 Å². The molecule has 3 aromatic heterocycles. The van der Waals surface area contributed by atoms with Gasteiger partial charge in [0, 0.05) is 0 Å². The van der Waals surface area contributed by atoms with Crippen molar-refractivity contribution in [2.75, 3.05) is 18.6 Å². The van der Waals surface area contributed by atoms with Crippen LogP contribution in [-0.4, -0.2) is 13.1 Å². The third-order valence-electron chi connectivity index (χ3n) is 3.21. The second-order valence-corrected chi connectivity index (χ2v) is 5.44. The molecule has 5 N–H and O–H groups in total. The maximum atomic E-state index is 11.8. The largest absolute Gasteiger partial charge is 0.465 e. The number of aromatic nitrogens is 1. The average Bonchev–Trinajstić information content (AvgIpc) is 3.14. The third-order valence-corrected chi connectivity index (χ3v) is 4.31. The van der Waals surface area contributed by atoms with Gasteiger partial charge in [-0.25, -0.2) is 9.78 Å². The van der Waals surface area contributed by atoms with E-state index < -0.39 is 5.97 Å². The predicted octanol–water partition coefficient (Wildman–Crippen LogP) is 1.80. The molecule has 0 atom stereocenters. The number of esters is 1. The number of pyridine rings is 1. The Bertz CT molecular complexity index is 922. The molecule has 0 unspecified atom stereocenters. The third kappa shape index (κ3) is 1.88. The van der Waals surface area contributed by atoms with Gasteiger partial charge < -0.3 is 14.9 Å². The number of rotatable bonds is 2. The highest BCUT2D eigenvalue weighted by Gasteiger charge is 2.27. The molecule has 0 aromatic carbocycles. The maximum Gasteiger partial charge on any atom is 0.350 e. The molecule has 3 rings (SSSR count). The number of carbonyl (C=O) groups excluding carboxylic acids is 1. The summed E-state index contributed by atoms with van der Waals surface area (Å²) in [7, 11) is 1.28. The Labute approximate surface area is 128 Å². The Morgan fingerprint density at radius 2 is 2.27 bits per heavy atom. The summed E-state index contributed by atoms with van der Waals surface area (Å²) in [5, 5.41) is 9.91. The highest BCUT2D eigenvalue weighted by Crippen LogP contribution is 2.41. The van der Waals surface area contributed by atoms with E-state index in [-0.39, 0.29) is 21.9 Å². The molecule has 0 saturated carbocycles. The van der Waals surface area contributed by atoms with Gasteiger partial charge in [-0.15, -0.1) is 0 Å². The van der Waals surface area contributed by atoms with Gasteiger partial charge >= 0.3 is 5.97 Å². The summed E-state index contributed by atoms with van der Waals surface area (Å²) in [5.74, 6) is 0.0804. The number of carbonyl (C=O) groups is 1. The molecule has 8 heteroatoms. The fourth-order valence-corrected chi connectivity index (χ4v) is 3.31. The van der Waals surface area contributed by atoms with Gasteiger partial charge in [0.05, 0.1) is 30.0 Å². The van der Waals surface area contributed by atoms with E-state index in [4.69, 9.17) is 20.6 Å². The topological polar surface area (TPSA) is 129 Å². The van der Waals surface area contributed by atoms with Crippen LogP contribution in [0.25, 0.3) is 21.5 Å². The number of methoxy groups -OCH3 is 1.